The number of carbonyl (C=O) groups excluding carboxylic acids is 1. The van der Waals surface area contributed by atoms with Gasteiger partial charge in [-0.15, -0.1) is 0 Å². The minimum Gasteiger partial charge on any atom is -0.340 e. The molecule has 17 heavy (non-hydrogen) atoms. The molecule has 0 bridgehead atoms. The van der Waals surface area contributed by atoms with E-state index in [2.05, 4.69) is 31.1 Å². The van der Waals surface area contributed by atoms with Crippen molar-refractivity contribution >= 4 is 5.91 Å². The van der Waals surface area contributed by atoms with E-state index in [1.165, 1.54) is 19.4 Å². The summed E-state index contributed by atoms with van der Waals surface area (Å²) in [7, 11) is 2.17. The number of likely N-dealkylation sites (tertiary alicyclic amines) is 2. The SMILES string of the molecule is CC(C)NC1CCN(CC2CCCN2C)C1=O. The molecule has 2 atom stereocenters. The van der Waals surface area contributed by atoms with Gasteiger partial charge in [-0.05, 0) is 32.9 Å². The molecule has 98 valence electrons. The Morgan fingerprint density at radius 1 is 1.35 bits per heavy atom. The maximum Gasteiger partial charge on any atom is 0.239 e. The summed E-state index contributed by atoms with van der Waals surface area (Å²) < 4.78 is 0. The number of carbonyl (C=O) groups is 1. The van der Waals surface area contributed by atoms with Crippen molar-refractivity contribution < 1.29 is 4.79 Å². The van der Waals surface area contributed by atoms with Crippen molar-refractivity contribution in [2.24, 2.45) is 0 Å². The number of hydrogen-bond acceptors (Lipinski definition) is 3. The molecule has 0 saturated carbocycles. The molecule has 0 aliphatic carbocycles. The van der Waals surface area contributed by atoms with E-state index in [1.807, 2.05) is 4.90 Å². The van der Waals surface area contributed by atoms with Crippen LogP contribution in [0.15, 0.2) is 0 Å². The lowest BCUT2D eigenvalue weighted by Gasteiger charge is -2.26. The van der Waals surface area contributed by atoms with Crippen LogP contribution in [0.1, 0.15) is 33.1 Å². The van der Waals surface area contributed by atoms with Gasteiger partial charge in [0.05, 0.1) is 6.04 Å². The van der Waals surface area contributed by atoms with Gasteiger partial charge in [0.25, 0.3) is 0 Å². The van der Waals surface area contributed by atoms with Crippen LogP contribution in [0.25, 0.3) is 0 Å². The monoisotopic (exact) mass is 239 g/mol. The van der Waals surface area contributed by atoms with Gasteiger partial charge in [0.2, 0.25) is 5.91 Å². The molecular formula is C13H25N3O. The van der Waals surface area contributed by atoms with E-state index < -0.39 is 0 Å². The van der Waals surface area contributed by atoms with Gasteiger partial charge in [0.15, 0.2) is 0 Å². The average molecular weight is 239 g/mol. The standard InChI is InChI=1S/C13H25N3O/c1-10(2)14-12-6-8-16(13(12)17)9-11-5-4-7-15(11)3/h10-12,14H,4-9H2,1-3H3. The Labute approximate surface area is 104 Å². The predicted molar refractivity (Wildman–Crippen MR) is 68.9 cm³/mol. The van der Waals surface area contributed by atoms with E-state index >= 15 is 0 Å². The van der Waals surface area contributed by atoms with Crippen molar-refractivity contribution in [2.45, 2.75) is 51.2 Å². The van der Waals surface area contributed by atoms with Crippen molar-refractivity contribution in [3.05, 3.63) is 0 Å². The maximum absolute atomic E-state index is 12.2. The predicted octanol–water partition coefficient (Wildman–Crippen LogP) is 0.679. The number of amides is 1. The van der Waals surface area contributed by atoms with Crippen LogP contribution in [0, 0.1) is 0 Å². The molecule has 2 aliphatic rings. The van der Waals surface area contributed by atoms with Gasteiger partial charge in [-0.2, -0.15) is 0 Å². The fraction of sp³-hybridized carbons (Fsp3) is 0.923. The van der Waals surface area contributed by atoms with E-state index in [9.17, 15) is 4.79 Å². The van der Waals surface area contributed by atoms with Gasteiger partial charge >= 0.3 is 0 Å². The Hall–Kier alpha value is -0.610. The molecule has 0 spiro atoms. The van der Waals surface area contributed by atoms with Crippen molar-refractivity contribution in [1.82, 2.24) is 15.1 Å². The third kappa shape index (κ3) is 2.99. The van der Waals surface area contributed by atoms with E-state index in [0.29, 0.717) is 18.0 Å². The molecule has 4 nitrogen and oxygen atoms in total. The third-order valence-electron chi connectivity index (χ3n) is 3.93. The highest BCUT2D eigenvalue weighted by atomic mass is 16.2. The smallest absolute Gasteiger partial charge is 0.239 e. The van der Waals surface area contributed by atoms with Crippen molar-refractivity contribution in [3.63, 3.8) is 0 Å². The molecule has 0 aromatic heterocycles. The second-order valence-corrected chi connectivity index (χ2v) is 5.72. The molecule has 0 radical (unpaired) electrons. The molecule has 2 rings (SSSR count). The number of rotatable bonds is 4. The van der Waals surface area contributed by atoms with Gasteiger partial charge in [-0.1, -0.05) is 13.8 Å². The second kappa shape index (κ2) is 5.36. The second-order valence-electron chi connectivity index (χ2n) is 5.72. The summed E-state index contributed by atoms with van der Waals surface area (Å²) in [5, 5.41) is 3.35. The zero-order valence-electron chi connectivity index (χ0n) is 11.3. The highest BCUT2D eigenvalue weighted by molar-refractivity contribution is 5.84. The first-order chi connectivity index (χ1) is 8.08. The minimum absolute atomic E-state index is 0.0571. The summed E-state index contributed by atoms with van der Waals surface area (Å²) >= 11 is 0. The van der Waals surface area contributed by atoms with Crippen molar-refractivity contribution in [2.75, 3.05) is 26.7 Å². The molecule has 2 heterocycles. The molecule has 1 N–H and O–H groups in total. The van der Waals surface area contributed by atoms with Crippen LogP contribution in [-0.4, -0.2) is 60.5 Å². The largest absolute Gasteiger partial charge is 0.340 e. The summed E-state index contributed by atoms with van der Waals surface area (Å²) in [6, 6.07) is 1.02. The summed E-state index contributed by atoms with van der Waals surface area (Å²) in [6.07, 6.45) is 3.48. The zero-order chi connectivity index (χ0) is 12.4. The zero-order valence-corrected chi connectivity index (χ0v) is 11.3. The van der Waals surface area contributed by atoms with Crippen LogP contribution < -0.4 is 5.32 Å². The maximum atomic E-state index is 12.2. The van der Waals surface area contributed by atoms with Crippen LogP contribution in [0.2, 0.25) is 0 Å². The number of nitrogens with zero attached hydrogens (tertiary/aromatic N) is 2. The molecule has 4 heteroatoms. The number of nitrogens with one attached hydrogen (secondary N) is 1. The molecular weight excluding hydrogens is 214 g/mol. The quantitative estimate of drug-likeness (QED) is 0.783. The van der Waals surface area contributed by atoms with Crippen LogP contribution in [0.3, 0.4) is 0 Å². The number of likely N-dealkylation sites (N-methyl/N-ethyl adjacent to an activating group) is 1. The average Bonchev–Trinajstić information content (AvgIpc) is 2.79. The van der Waals surface area contributed by atoms with Gasteiger partial charge in [-0.3, -0.25) is 4.79 Å². The molecule has 2 fully saturated rings. The Bertz CT molecular complexity index is 280. The molecule has 2 aliphatic heterocycles. The van der Waals surface area contributed by atoms with E-state index in [0.717, 1.165) is 19.5 Å². The Balaban J connectivity index is 1.85. The Kier molecular flexibility index (Phi) is 4.05. The lowest BCUT2D eigenvalue weighted by atomic mass is 10.2. The third-order valence-corrected chi connectivity index (χ3v) is 3.93. The lowest BCUT2D eigenvalue weighted by Crippen LogP contribution is -2.44. The van der Waals surface area contributed by atoms with Crippen molar-refractivity contribution in [1.29, 1.82) is 0 Å². The van der Waals surface area contributed by atoms with Crippen LogP contribution in [0.4, 0.5) is 0 Å². The summed E-state index contributed by atoms with van der Waals surface area (Å²) in [6.45, 7) is 7.22. The minimum atomic E-state index is 0.0571. The summed E-state index contributed by atoms with van der Waals surface area (Å²) in [4.78, 5) is 16.6. The van der Waals surface area contributed by atoms with E-state index in [1.54, 1.807) is 0 Å². The van der Waals surface area contributed by atoms with Crippen LogP contribution >= 0.6 is 0 Å². The van der Waals surface area contributed by atoms with Crippen LogP contribution in [0.5, 0.6) is 0 Å². The van der Waals surface area contributed by atoms with Crippen molar-refractivity contribution in [3.8, 4) is 0 Å². The lowest BCUT2D eigenvalue weighted by molar-refractivity contribution is -0.130. The Morgan fingerprint density at radius 2 is 2.12 bits per heavy atom. The highest BCUT2D eigenvalue weighted by Crippen LogP contribution is 2.19. The van der Waals surface area contributed by atoms with E-state index in [4.69, 9.17) is 0 Å². The summed E-state index contributed by atoms with van der Waals surface area (Å²) in [5.41, 5.74) is 0. The molecule has 0 aromatic rings. The first-order valence-corrected chi connectivity index (χ1v) is 6.83. The fourth-order valence-corrected chi connectivity index (χ4v) is 2.94. The first kappa shape index (κ1) is 12.8. The van der Waals surface area contributed by atoms with Crippen LogP contribution in [-0.2, 0) is 4.79 Å². The van der Waals surface area contributed by atoms with Gasteiger partial charge in [-0.25, -0.2) is 0 Å². The first-order valence-electron chi connectivity index (χ1n) is 6.83. The molecule has 2 saturated heterocycles. The molecule has 1 amide bonds. The number of hydrogen-bond donors (Lipinski definition) is 1. The van der Waals surface area contributed by atoms with Gasteiger partial charge in [0.1, 0.15) is 0 Å². The van der Waals surface area contributed by atoms with Gasteiger partial charge in [0, 0.05) is 25.2 Å². The Morgan fingerprint density at radius 3 is 2.71 bits per heavy atom. The normalized spacial score (nSPS) is 30.8. The summed E-state index contributed by atoms with van der Waals surface area (Å²) in [5.74, 6) is 0.305. The fourth-order valence-electron chi connectivity index (χ4n) is 2.94. The topological polar surface area (TPSA) is 35.6 Å². The molecule has 2 unspecified atom stereocenters. The molecule has 0 aromatic carbocycles. The highest BCUT2D eigenvalue weighted by Gasteiger charge is 2.34. The van der Waals surface area contributed by atoms with E-state index in [-0.39, 0.29) is 6.04 Å². The van der Waals surface area contributed by atoms with Gasteiger partial charge < -0.3 is 15.1 Å².